The second-order valence-electron chi connectivity index (χ2n) is 33.1. The number of pyridine rings is 3. The Morgan fingerprint density at radius 1 is 0.480 bits per heavy atom. The van der Waals surface area contributed by atoms with Gasteiger partial charge in [0.25, 0.3) is 5.16 Å². The number of rotatable bonds is 19. The Kier molecular flexibility index (Phi) is 21.9. The number of ketones is 3. The summed E-state index contributed by atoms with van der Waals surface area (Å²) in [6.45, 7) is -0.835. The van der Waals surface area contributed by atoms with Crippen LogP contribution in [0.2, 0.25) is 0 Å². The van der Waals surface area contributed by atoms with Crippen molar-refractivity contribution in [3.8, 4) is 28.6 Å². The maximum Gasteiger partial charge on any atom is 0.402 e. The quantitative estimate of drug-likeness (QED) is 0.0412. The fourth-order valence-corrected chi connectivity index (χ4v) is 24.3. The summed E-state index contributed by atoms with van der Waals surface area (Å²) < 4.78 is 190. The van der Waals surface area contributed by atoms with Gasteiger partial charge in [-0.15, -0.1) is 10.2 Å². The SMILES string of the molecule is C=S(=O)(c1cn(C)cn1)N(C1CC1)[C@H]1CCC2=Cc3c(cnn3-c3ccc(F)cc3)C[C@]2(C(=O)c2cc(F)ccn2)C1.C=S(=O)(c1ncn(C)n1)N(CC(F)(F)F)[C@H]1CCC2=Cc3c(cnn3-c3ccc(F)cc3)C[C@]2(C(=O)c2cc(F)ccn2)C1.Cn1cnc(S(=O)(=O)[C@H]2CCC3=Cc4c(cnn4-c4ccc(F)cc4)C[C@]3(C(=O)c3cc4c(cn3)OCCO4)C2)n1. The summed E-state index contributed by atoms with van der Waals surface area (Å²) in [5.41, 5.74) is 5.12. The third kappa shape index (κ3) is 16.0. The number of alkyl halides is 3. The van der Waals surface area contributed by atoms with E-state index >= 15 is 0 Å². The van der Waals surface area contributed by atoms with E-state index in [4.69, 9.17) is 9.47 Å². The van der Waals surface area contributed by atoms with Gasteiger partial charge in [0.1, 0.15) is 78.6 Å². The molecule has 20 rings (SSSR count). The molecule has 8 aliphatic rings. The molecule has 0 radical (unpaired) electrons. The highest BCUT2D eigenvalue weighted by atomic mass is 32.2. The summed E-state index contributed by atoms with van der Waals surface area (Å²) in [4.78, 5) is 68.3. The molecule has 0 spiro atoms. The summed E-state index contributed by atoms with van der Waals surface area (Å²) in [5.74, 6) is 5.24. The van der Waals surface area contributed by atoms with Crippen molar-refractivity contribution in [3.63, 3.8) is 0 Å². The molecule has 0 amide bonds. The molecule has 0 bridgehead atoms. The van der Waals surface area contributed by atoms with Crippen molar-refractivity contribution in [2.45, 2.75) is 135 Å². The van der Waals surface area contributed by atoms with Gasteiger partial charge in [0.15, 0.2) is 33.9 Å². The lowest BCUT2D eigenvalue weighted by Crippen LogP contribution is -2.52. The van der Waals surface area contributed by atoms with Crippen LogP contribution in [0.1, 0.15) is 136 Å². The second kappa shape index (κ2) is 32.7. The smallest absolute Gasteiger partial charge is 0.402 e. The number of carbonyl (C=O) groups excluding carboxylic acids is 3. The van der Waals surface area contributed by atoms with E-state index in [0.29, 0.717) is 102 Å². The van der Waals surface area contributed by atoms with E-state index in [1.165, 1.54) is 90.0 Å². The number of imidazole rings is 1. The topological polar surface area (TPSA) is 316 Å². The van der Waals surface area contributed by atoms with E-state index in [-0.39, 0.29) is 101 Å². The first-order valence-corrected chi connectivity index (χ1v) is 45.6. The van der Waals surface area contributed by atoms with E-state index in [9.17, 15) is 66.3 Å². The number of Topliss-reactive ketones (excluding diaryl/α,β-unsaturated/α-hetero) is 3. The predicted molar refractivity (Wildman–Crippen MR) is 450 cm³/mol. The summed E-state index contributed by atoms with van der Waals surface area (Å²) in [6, 6.07) is 22.7. The summed E-state index contributed by atoms with van der Waals surface area (Å²) in [6.07, 6.45) is 20.5. The molecule has 4 saturated carbocycles. The number of halogens is 8. The minimum atomic E-state index is -4.76. The highest BCUT2D eigenvalue weighted by Gasteiger charge is 2.57. The largest absolute Gasteiger partial charge is 0.486 e. The van der Waals surface area contributed by atoms with Gasteiger partial charge in [-0.25, -0.2) is 81.4 Å². The van der Waals surface area contributed by atoms with Gasteiger partial charge in [-0.2, -0.15) is 28.5 Å². The zero-order valence-corrected chi connectivity index (χ0v) is 70.9. The van der Waals surface area contributed by atoms with Crippen molar-refractivity contribution in [2.75, 3.05) is 19.8 Å². The molecule has 0 N–H and O–H groups in total. The normalized spacial score (nSPS) is 22.0. The molecule has 10 heterocycles. The van der Waals surface area contributed by atoms with Crippen LogP contribution in [0.25, 0.3) is 35.3 Å². The van der Waals surface area contributed by atoms with E-state index < -0.39 is 92.7 Å². The zero-order valence-electron chi connectivity index (χ0n) is 68.5. The van der Waals surface area contributed by atoms with Crippen LogP contribution < -0.4 is 9.47 Å². The molecule has 3 aromatic carbocycles. The minimum absolute atomic E-state index is 0.0168. The Labute approximate surface area is 723 Å². The molecule has 656 valence electrons. The van der Waals surface area contributed by atoms with Crippen LogP contribution in [0.5, 0.6) is 11.5 Å². The first-order valence-electron chi connectivity index (χ1n) is 40.7. The number of aromatic nitrogens is 17. The van der Waals surface area contributed by atoms with Gasteiger partial charge in [0.05, 0.1) is 106 Å². The predicted octanol–water partition coefficient (Wildman–Crippen LogP) is 12.5. The number of fused-ring (bicyclic) bond motifs is 7. The molecule has 4 fully saturated rings. The number of sulfone groups is 1. The number of hydrogen-bond acceptors (Lipinski definition) is 20. The maximum atomic E-state index is 14.5. The van der Waals surface area contributed by atoms with Gasteiger partial charge >= 0.3 is 6.18 Å². The van der Waals surface area contributed by atoms with Crippen LogP contribution in [0.4, 0.5) is 35.1 Å². The fourth-order valence-electron chi connectivity index (χ4n) is 18.8. The number of hydrogen-bond donors (Lipinski definition) is 0. The molecular formula is C88H81F8N19O9S3. The van der Waals surface area contributed by atoms with Crippen molar-refractivity contribution in [1.29, 1.82) is 0 Å². The van der Waals surface area contributed by atoms with Crippen molar-refractivity contribution in [2.24, 2.45) is 37.4 Å². The number of ether oxygens (including phenoxy) is 2. The molecular weight excluding hydrogens is 1720 g/mol. The van der Waals surface area contributed by atoms with Gasteiger partial charge < -0.3 is 14.0 Å². The number of nitrogens with zero attached hydrogens (tertiary/aromatic N) is 19. The fraction of sp³-hybridized carbons (Fsp3) is 0.318. The summed E-state index contributed by atoms with van der Waals surface area (Å²) in [5, 5.41) is 20.5. The Morgan fingerprint density at radius 3 is 1.35 bits per heavy atom. The van der Waals surface area contributed by atoms with Crippen molar-refractivity contribution >= 4 is 76.6 Å². The van der Waals surface area contributed by atoms with Crippen molar-refractivity contribution in [1.82, 2.24) is 92.0 Å². The van der Waals surface area contributed by atoms with Crippen LogP contribution >= 0.6 is 0 Å². The summed E-state index contributed by atoms with van der Waals surface area (Å²) in [7, 11) is -5.78. The van der Waals surface area contributed by atoms with Crippen molar-refractivity contribution in [3.05, 3.63) is 262 Å². The first-order chi connectivity index (χ1) is 60.7. The van der Waals surface area contributed by atoms with Crippen LogP contribution in [-0.2, 0) is 69.7 Å². The average Bonchev–Trinajstić information content (AvgIpc) is 1.71. The lowest BCUT2D eigenvalue weighted by Gasteiger charge is -2.47. The van der Waals surface area contributed by atoms with Gasteiger partial charge in [-0.1, -0.05) is 16.7 Å². The number of benzene rings is 3. The van der Waals surface area contributed by atoms with Crippen LogP contribution in [0.15, 0.2) is 198 Å². The van der Waals surface area contributed by atoms with E-state index in [2.05, 4.69) is 67.1 Å². The van der Waals surface area contributed by atoms with Crippen LogP contribution in [-0.4, -0.2) is 187 Å². The molecule has 28 nitrogen and oxygen atoms in total. The van der Waals surface area contributed by atoms with Gasteiger partial charge in [-0.05, 0) is 221 Å². The third-order valence-electron chi connectivity index (χ3n) is 24.8. The number of carbonyl (C=O) groups is 3. The van der Waals surface area contributed by atoms with Crippen molar-refractivity contribution < 1.29 is 75.8 Å². The standard InChI is InChI=1S/C31H30F2N6O2S.C29H26F5N7O2S.C28H25FN6O5S/c1-37-18-29(35-19-37)42(2,41)39(25-9-10-25)26-6-3-21-13-28-20(17-36-38(28)24-7-4-22(32)5-8-24)15-31(21,16-26)30(40)27-14-23(33)11-12-34-27;1-39-17-36-27(38-39)44(2,43)40(16-29(32,33)34)23-6-3-19-11-25-18(15-37-41(25)22-7-4-20(30)5-8-22)13-28(19,14-23)26(42)24-12-21(31)9-10-35-24;1-34-16-31-27(33-34)41(37,38)21-7-2-18-10-23-17(14-32-35(23)20-5-3-19(29)4-6-20)12-28(18,13-21)26(36)22-11-24-25(15-30-22)40-9-8-39-24/h4-5,7-8,11-14,17-19,25-26H,2-3,6,9-10,15-16H2,1H3;4-5,7-12,15,17,23H,2-3,6,13-14,16H2,1H3;3-6,10-11,14-16,21H,2,7-9,12-13H2,1H3/t26-,31-,42?;23-,28-,44?;21-,28-/m000/s1. The number of aryl methyl sites for hydroxylation is 3. The highest BCUT2D eigenvalue weighted by molar-refractivity contribution is 7.98. The summed E-state index contributed by atoms with van der Waals surface area (Å²) >= 11 is 0. The van der Waals surface area contributed by atoms with E-state index in [1.807, 2.05) is 23.5 Å². The first kappa shape index (κ1) is 85.2. The van der Waals surface area contributed by atoms with Gasteiger partial charge in [0.2, 0.25) is 15.0 Å². The third-order valence-corrected chi connectivity index (χ3v) is 30.9. The monoisotopic (exact) mass is 1800 g/mol. The van der Waals surface area contributed by atoms with Crippen LogP contribution in [0.3, 0.4) is 0 Å². The van der Waals surface area contributed by atoms with E-state index in [1.54, 1.807) is 105 Å². The Bertz CT molecular complexity index is 6840. The lowest BCUT2D eigenvalue weighted by atomic mass is 9.60. The molecule has 7 aliphatic carbocycles. The molecule has 2 unspecified atom stereocenters. The number of allylic oxidation sites excluding steroid dienone is 3. The lowest BCUT2D eigenvalue weighted by molar-refractivity contribution is -0.140. The molecule has 8 atom stereocenters. The average molecular weight is 1800 g/mol. The zero-order chi connectivity index (χ0) is 89.0. The molecule has 1 aliphatic heterocycles. The second-order valence-corrected chi connectivity index (χ2v) is 39.4. The Morgan fingerprint density at radius 2 is 0.913 bits per heavy atom. The molecule has 0 saturated heterocycles. The molecule has 127 heavy (non-hydrogen) atoms. The Hall–Kier alpha value is -12.6. The van der Waals surface area contributed by atoms with Gasteiger partial charge in [-0.3, -0.25) is 33.7 Å². The highest BCUT2D eigenvalue weighted by Crippen LogP contribution is 2.56. The maximum absolute atomic E-state index is 14.5. The molecule has 12 aromatic rings. The van der Waals surface area contributed by atoms with Crippen LogP contribution in [0, 0.1) is 45.3 Å². The minimum Gasteiger partial charge on any atom is -0.486 e. The molecule has 39 heteroatoms. The van der Waals surface area contributed by atoms with E-state index in [0.717, 1.165) is 69.1 Å². The molecule has 9 aromatic heterocycles. The Balaban J connectivity index is 0.000000129. The van der Waals surface area contributed by atoms with Gasteiger partial charge in [0, 0.05) is 76.1 Å².